The van der Waals surface area contributed by atoms with Crippen LogP contribution in [0.3, 0.4) is 0 Å². The molecule has 5 rings (SSSR count). The van der Waals surface area contributed by atoms with Gasteiger partial charge in [-0.1, -0.05) is 60.7 Å². The Morgan fingerprint density at radius 2 is 1.81 bits per heavy atom. The summed E-state index contributed by atoms with van der Waals surface area (Å²) in [4.78, 5) is 36.4. The van der Waals surface area contributed by atoms with Gasteiger partial charge in [-0.15, -0.1) is 0 Å². The maximum Gasteiger partial charge on any atom is 0.261 e. The van der Waals surface area contributed by atoms with Gasteiger partial charge in [0.15, 0.2) is 0 Å². The van der Waals surface area contributed by atoms with Crippen molar-refractivity contribution < 1.29 is 14.3 Å². The highest BCUT2D eigenvalue weighted by molar-refractivity contribution is 5.96. The number of amides is 2. The molecule has 7 nitrogen and oxygen atoms in total. The van der Waals surface area contributed by atoms with Crippen molar-refractivity contribution in [1.29, 1.82) is 0 Å². The largest absolute Gasteiger partial charge is 0.475 e. The molecule has 1 saturated carbocycles. The predicted octanol–water partition coefficient (Wildman–Crippen LogP) is 2.73. The molecule has 1 N–H and O–H groups in total. The monoisotopic (exact) mass is 428 g/mol. The molecule has 2 amide bonds. The van der Waals surface area contributed by atoms with E-state index in [1.807, 2.05) is 60.7 Å². The van der Waals surface area contributed by atoms with Crippen molar-refractivity contribution >= 4 is 11.8 Å². The van der Waals surface area contributed by atoms with Crippen LogP contribution in [0.15, 0.2) is 73.2 Å². The Morgan fingerprint density at radius 1 is 1.09 bits per heavy atom. The highest BCUT2D eigenvalue weighted by Crippen LogP contribution is 2.48. The maximum absolute atomic E-state index is 13.4. The molecule has 1 aliphatic heterocycles. The number of carbonyl (C=O) groups excluding carboxylic acids is 2. The van der Waals surface area contributed by atoms with Crippen molar-refractivity contribution in [2.24, 2.45) is 0 Å². The Hall–Kier alpha value is -3.74. The predicted molar refractivity (Wildman–Crippen MR) is 118 cm³/mol. The number of ether oxygens (including phenoxy) is 1. The van der Waals surface area contributed by atoms with E-state index in [9.17, 15) is 9.59 Å². The average molecular weight is 428 g/mol. The third-order valence-corrected chi connectivity index (χ3v) is 6.23. The van der Waals surface area contributed by atoms with E-state index in [-0.39, 0.29) is 30.3 Å². The van der Waals surface area contributed by atoms with Crippen LogP contribution in [0, 0.1) is 0 Å². The molecule has 0 spiro atoms. The summed E-state index contributed by atoms with van der Waals surface area (Å²) in [6.07, 6.45) is 4.51. The molecule has 1 aromatic heterocycles. The molecule has 7 heteroatoms. The van der Waals surface area contributed by atoms with Crippen LogP contribution >= 0.6 is 0 Å². The SMILES string of the molecule is O=C1c2cncnc2OCC(CNC(=O)C2(c3ccccc3)CC2)N1Cc1ccccc1. The van der Waals surface area contributed by atoms with Gasteiger partial charge in [0, 0.05) is 19.3 Å². The van der Waals surface area contributed by atoms with Gasteiger partial charge in [-0.25, -0.2) is 9.97 Å². The third-order valence-electron chi connectivity index (χ3n) is 6.23. The van der Waals surface area contributed by atoms with Crippen LogP contribution < -0.4 is 10.1 Å². The normalized spacial score (nSPS) is 18.8. The van der Waals surface area contributed by atoms with Crippen LogP contribution in [0.1, 0.15) is 34.3 Å². The zero-order valence-electron chi connectivity index (χ0n) is 17.6. The van der Waals surface area contributed by atoms with Gasteiger partial charge in [0.1, 0.15) is 18.5 Å². The van der Waals surface area contributed by atoms with E-state index < -0.39 is 5.41 Å². The lowest BCUT2D eigenvalue weighted by atomic mass is 9.95. The number of nitrogens with one attached hydrogen (secondary N) is 1. The van der Waals surface area contributed by atoms with Crippen molar-refractivity contribution in [3.63, 3.8) is 0 Å². The van der Waals surface area contributed by atoms with Gasteiger partial charge < -0.3 is 15.0 Å². The molecule has 2 heterocycles. The third kappa shape index (κ3) is 3.82. The summed E-state index contributed by atoms with van der Waals surface area (Å²) in [5.41, 5.74) is 1.91. The summed E-state index contributed by atoms with van der Waals surface area (Å²) < 4.78 is 5.85. The molecule has 1 aliphatic carbocycles. The second-order valence-corrected chi connectivity index (χ2v) is 8.28. The second-order valence-electron chi connectivity index (χ2n) is 8.28. The molecule has 0 bridgehead atoms. The van der Waals surface area contributed by atoms with E-state index in [0.717, 1.165) is 24.0 Å². The van der Waals surface area contributed by atoms with Gasteiger partial charge in [-0.05, 0) is 24.0 Å². The number of rotatable bonds is 6. The number of hydrogen-bond acceptors (Lipinski definition) is 5. The minimum Gasteiger partial charge on any atom is -0.475 e. The molecule has 1 unspecified atom stereocenters. The molecule has 32 heavy (non-hydrogen) atoms. The van der Waals surface area contributed by atoms with Crippen molar-refractivity contribution in [3.8, 4) is 5.88 Å². The summed E-state index contributed by atoms with van der Waals surface area (Å²) in [5, 5.41) is 3.10. The minimum atomic E-state index is -0.463. The first-order valence-electron chi connectivity index (χ1n) is 10.8. The first-order chi connectivity index (χ1) is 15.7. The van der Waals surface area contributed by atoms with Crippen molar-refractivity contribution in [2.75, 3.05) is 13.2 Å². The van der Waals surface area contributed by atoms with E-state index in [1.54, 1.807) is 4.90 Å². The van der Waals surface area contributed by atoms with E-state index in [2.05, 4.69) is 15.3 Å². The van der Waals surface area contributed by atoms with Crippen LogP contribution in [0.25, 0.3) is 0 Å². The van der Waals surface area contributed by atoms with E-state index in [4.69, 9.17) is 4.74 Å². The summed E-state index contributed by atoms with van der Waals surface area (Å²) in [6.45, 7) is 0.941. The summed E-state index contributed by atoms with van der Waals surface area (Å²) in [6, 6.07) is 19.3. The molecular weight excluding hydrogens is 404 g/mol. The highest BCUT2D eigenvalue weighted by Gasteiger charge is 2.51. The first kappa shape index (κ1) is 20.2. The lowest BCUT2D eigenvalue weighted by Crippen LogP contribution is -2.49. The number of benzene rings is 2. The molecule has 0 radical (unpaired) electrons. The van der Waals surface area contributed by atoms with E-state index in [0.29, 0.717) is 18.7 Å². The fourth-order valence-corrected chi connectivity index (χ4v) is 4.22. The van der Waals surface area contributed by atoms with Gasteiger partial charge in [0.25, 0.3) is 5.91 Å². The Balaban J connectivity index is 1.36. The molecule has 162 valence electrons. The van der Waals surface area contributed by atoms with Crippen LogP contribution in [0.2, 0.25) is 0 Å². The molecule has 0 saturated heterocycles. The van der Waals surface area contributed by atoms with Gasteiger partial charge in [0.2, 0.25) is 11.8 Å². The van der Waals surface area contributed by atoms with Gasteiger partial charge >= 0.3 is 0 Å². The van der Waals surface area contributed by atoms with Crippen molar-refractivity contribution in [2.45, 2.75) is 30.8 Å². The lowest BCUT2D eigenvalue weighted by molar-refractivity contribution is -0.123. The minimum absolute atomic E-state index is 0.00244. The summed E-state index contributed by atoms with van der Waals surface area (Å²) >= 11 is 0. The van der Waals surface area contributed by atoms with Gasteiger partial charge in [-0.3, -0.25) is 9.59 Å². The number of aromatic nitrogens is 2. The standard InChI is InChI=1S/C25H24N4O3/c30-23-21-14-26-17-28-22(21)32-16-20(29(23)15-18-7-3-1-4-8-18)13-27-24(31)25(11-12-25)19-9-5-2-6-10-19/h1-10,14,17,20H,11-13,15-16H2,(H,27,31). The second kappa shape index (κ2) is 8.42. The quantitative estimate of drug-likeness (QED) is 0.653. The molecule has 2 aromatic carbocycles. The average Bonchev–Trinajstić information content (AvgIpc) is 3.67. The van der Waals surface area contributed by atoms with Crippen LogP contribution in [0.4, 0.5) is 0 Å². The van der Waals surface area contributed by atoms with E-state index in [1.165, 1.54) is 12.5 Å². The number of nitrogens with zero attached hydrogens (tertiary/aromatic N) is 3. The fraction of sp³-hybridized carbons (Fsp3) is 0.280. The van der Waals surface area contributed by atoms with Crippen molar-refractivity contribution in [3.05, 3.63) is 89.9 Å². The highest BCUT2D eigenvalue weighted by atomic mass is 16.5. The first-order valence-corrected chi connectivity index (χ1v) is 10.8. The van der Waals surface area contributed by atoms with Crippen LogP contribution in [0.5, 0.6) is 5.88 Å². The molecular formula is C25H24N4O3. The molecule has 3 aromatic rings. The Bertz CT molecular complexity index is 1120. The van der Waals surface area contributed by atoms with Crippen LogP contribution in [-0.4, -0.2) is 45.9 Å². The Morgan fingerprint density at radius 3 is 2.53 bits per heavy atom. The summed E-state index contributed by atoms with van der Waals surface area (Å²) in [7, 11) is 0. The van der Waals surface area contributed by atoms with Crippen LogP contribution in [-0.2, 0) is 16.8 Å². The van der Waals surface area contributed by atoms with E-state index >= 15 is 0 Å². The van der Waals surface area contributed by atoms with Gasteiger partial charge in [0.05, 0.1) is 11.5 Å². The topological polar surface area (TPSA) is 84.4 Å². The Kier molecular flexibility index (Phi) is 5.31. The molecule has 1 fully saturated rings. The summed E-state index contributed by atoms with van der Waals surface area (Å²) in [5.74, 6) is 0.0718. The van der Waals surface area contributed by atoms with Gasteiger partial charge in [-0.2, -0.15) is 0 Å². The maximum atomic E-state index is 13.4. The molecule has 1 atom stereocenters. The lowest BCUT2D eigenvalue weighted by Gasteiger charge is -2.30. The number of hydrogen-bond donors (Lipinski definition) is 1. The zero-order chi connectivity index (χ0) is 22.0. The number of carbonyl (C=O) groups is 2. The smallest absolute Gasteiger partial charge is 0.261 e. The fourth-order valence-electron chi connectivity index (χ4n) is 4.22. The van der Waals surface area contributed by atoms with Crippen molar-refractivity contribution in [1.82, 2.24) is 20.2 Å². The zero-order valence-corrected chi connectivity index (χ0v) is 17.6. The Labute approximate surface area is 186 Å². The molecule has 2 aliphatic rings. The number of fused-ring (bicyclic) bond motifs is 1.